The summed E-state index contributed by atoms with van der Waals surface area (Å²) in [6, 6.07) is -1.18. The first-order chi connectivity index (χ1) is 11.4. The van der Waals surface area contributed by atoms with E-state index in [2.05, 4.69) is 10.6 Å². The molecule has 3 N–H and O–H groups in total. The van der Waals surface area contributed by atoms with Crippen LogP contribution in [0.3, 0.4) is 0 Å². The number of carboxylic acids is 1. The van der Waals surface area contributed by atoms with E-state index in [1.54, 1.807) is 34.9 Å². The Kier molecular flexibility index (Phi) is 6.78. The lowest BCUT2D eigenvalue weighted by Crippen LogP contribution is -2.57. The van der Waals surface area contributed by atoms with Crippen molar-refractivity contribution in [2.75, 3.05) is 14.1 Å². The molecule has 1 saturated carbocycles. The van der Waals surface area contributed by atoms with Crippen molar-refractivity contribution in [3.8, 4) is 0 Å². The molecule has 3 amide bonds. The Morgan fingerprint density at radius 1 is 1.04 bits per heavy atom. The van der Waals surface area contributed by atoms with Gasteiger partial charge in [-0.3, -0.25) is 9.59 Å². The smallest absolute Gasteiger partial charge is 0.407 e. The summed E-state index contributed by atoms with van der Waals surface area (Å²) in [4.78, 5) is 47.9. The van der Waals surface area contributed by atoms with E-state index < -0.39 is 35.7 Å². The molecule has 0 bridgehead atoms. The number of carboxylic acid groups (broad SMARTS) is 1. The molecule has 1 aliphatic rings. The number of alkyl carbamates (subject to hydrolysis) is 1. The van der Waals surface area contributed by atoms with Gasteiger partial charge in [-0.25, -0.2) is 9.59 Å². The molecule has 1 fully saturated rings. The van der Waals surface area contributed by atoms with Crippen molar-refractivity contribution in [1.82, 2.24) is 15.5 Å². The normalized spacial score (nSPS) is 23.3. The standard InChI is InChI=1S/C16H27N3O6/c1-16(2,3)25-15(24)18-11-8-9(13(21)19(4)5)6-7-10(11)17-12(20)14(22)23/h9-11H,6-8H2,1-5H3,(H,17,20)(H,18,24)(H,22,23)/t9-,10-,11+/m0/s1. The molecular formula is C16H27N3O6. The molecule has 9 nitrogen and oxygen atoms in total. The number of hydrogen-bond donors (Lipinski definition) is 3. The van der Waals surface area contributed by atoms with Gasteiger partial charge >= 0.3 is 18.0 Å². The molecule has 0 saturated heterocycles. The molecule has 0 aromatic heterocycles. The fraction of sp³-hybridized carbons (Fsp3) is 0.750. The van der Waals surface area contributed by atoms with Crippen molar-refractivity contribution < 1.29 is 29.0 Å². The lowest BCUT2D eigenvalue weighted by atomic mass is 9.81. The highest BCUT2D eigenvalue weighted by Gasteiger charge is 2.37. The second-order valence-corrected chi connectivity index (χ2v) is 7.38. The van der Waals surface area contributed by atoms with Crippen molar-refractivity contribution in [1.29, 1.82) is 0 Å². The van der Waals surface area contributed by atoms with Crippen LogP contribution < -0.4 is 10.6 Å². The molecule has 0 spiro atoms. The van der Waals surface area contributed by atoms with Crippen molar-refractivity contribution in [3.05, 3.63) is 0 Å². The number of nitrogens with zero attached hydrogens (tertiary/aromatic N) is 1. The number of rotatable bonds is 3. The number of carbonyl (C=O) groups excluding carboxylic acids is 3. The van der Waals surface area contributed by atoms with E-state index in [4.69, 9.17) is 9.84 Å². The Hall–Kier alpha value is -2.32. The predicted octanol–water partition coefficient (Wildman–Crippen LogP) is 0.337. The van der Waals surface area contributed by atoms with E-state index in [-0.39, 0.29) is 11.8 Å². The number of nitrogens with one attached hydrogen (secondary N) is 2. The maximum Gasteiger partial charge on any atom is 0.407 e. The Morgan fingerprint density at radius 3 is 2.12 bits per heavy atom. The van der Waals surface area contributed by atoms with E-state index in [1.807, 2.05) is 0 Å². The van der Waals surface area contributed by atoms with Crippen LogP contribution in [0.4, 0.5) is 4.79 Å². The highest BCUT2D eigenvalue weighted by molar-refractivity contribution is 6.31. The monoisotopic (exact) mass is 357 g/mol. The van der Waals surface area contributed by atoms with Gasteiger partial charge in [0.05, 0.1) is 6.04 Å². The quantitative estimate of drug-likeness (QED) is 0.626. The number of amides is 3. The van der Waals surface area contributed by atoms with Crippen LogP contribution >= 0.6 is 0 Å². The van der Waals surface area contributed by atoms with Crippen LogP contribution in [0.5, 0.6) is 0 Å². The van der Waals surface area contributed by atoms with E-state index >= 15 is 0 Å². The molecule has 1 aliphatic carbocycles. The first kappa shape index (κ1) is 20.7. The van der Waals surface area contributed by atoms with Crippen molar-refractivity contribution in [3.63, 3.8) is 0 Å². The van der Waals surface area contributed by atoms with Crippen LogP contribution in [0, 0.1) is 5.92 Å². The van der Waals surface area contributed by atoms with E-state index in [0.717, 1.165) is 0 Å². The molecular weight excluding hydrogens is 330 g/mol. The predicted molar refractivity (Wildman–Crippen MR) is 88.8 cm³/mol. The summed E-state index contributed by atoms with van der Waals surface area (Å²) in [5, 5.41) is 13.8. The maximum atomic E-state index is 12.2. The van der Waals surface area contributed by atoms with E-state index in [1.165, 1.54) is 4.90 Å². The van der Waals surface area contributed by atoms with Gasteiger partial charge in [-0.05, 0) is 40.0 Å². The van der Waals surface area contributed by atoms with Gasteiger partial charge in [0, 0.05) is 26.1 Å². The second-order valence-electron chi connectivity index (χ2n) is 7.38. The summed E-state index contributed by atoms with van der Waals surface area (Å²) in [6.45, 7) is 5.15. The fourth-order valence-electron chi connectivity index (χ4n) is 2.78. The van der Waals surface area contributed by atoms with Gasteiger partial charge < -0.3 is 25.4 Å². The number of ether oxygens (including phenoxy) is 1. The Labute approximate surface area is 147 Å². The van der Waals surface area contributed by atoms with Gasteiger partial charge in [0.25, 0.3) is 0 Å². The summed E-state index contributed by atoms with van der Waals surface area (Å²) in [6.07, 6.45) is 0.489. The number of carbonyl (C=O) groups is 4. The third-order valence-electron chi connectivity index (χ3n) is 3.85. The topological polar surface area (TPSA) is 125 Å². The average Bonchev–Trinajstić information content (AvgIpc) is 2.45. The van der Waals surface area contributed by atoms with Crippen molar-refractivity contribution in [2.45, 2.75) is 57.7 Å². The Morgan fingerprint density at radius 2 is 1.64 bits per heavy atom. The van der Waals surface area contributed by atoms with Crippen LogP contribution in [0.1, 0.15) is 40.0 Å². The van der Waals surface area contributed by atoms with Gasteiger partial charge in [0.2, 0.25) is 5.91 Å². The highest BCUT2D eigenvalue weighted by atomic mass is 16.6. The minimum Gasteiger partial charge on any atom is -0.474 e. The largest absolute Gasteiger partial charge is 0.474 e. The summed E-state index contributed by atoms with van der Waals surface area (Å²) >= 11 is 0. The van der Waals surface area contributed by atoms with Crippen LogP contribution in [0.2, 0.25) is 0 Å². The zero-order valence-corrected chi connectivity index (χ0v) is 15.3. The van der Waals surface area contributed by atoms with Crippen LogP contribution in [0.15, 0.2) is 0 Å². The third-order valence-corrected chi connectivity index (χ3v) is 3.85. The zero-order valence-electron chi connectivity index (χ0n) is 15.3. The number of aliphatic carboxylic acids is 1. The second kappa shape index (κ2) is 8.17. The molecule has 0 unspecified atom stereocenters. The molecule has 0 radical (unpaired) electrons. The highest BCUT2D eigenvalue weighted by Crippen LogP contribution is 2.26. The summed E-state index contributed by atoms with van der Waals surface area (Å²) in [7, 11) is 3.30. The lowest BCUT2D eigenvalue weighted by molar-refractivity contribution is -0.150. The van der Waals surface area contributed by atoms with E-state index in [9.17, 15) is 19.2 Å². The van der Waals surface area contributed by atoms with Crippen molar-refractivity contribution in [2.24, 2.45) is 5.92 Å². The van der Waals surface area contributed by atoms with Crippen LogP contribution in [-0.4, -0.2) is 65.7 Å². The zero-order chi connectivity index (χ0) is 19.4. The maximum absolute atomic E-state index is 12.2. The molecule has 25 heavy (non-hydrogen) atoms. The molecule has 0 heterocycles. The van der Waals surface area contributed by atoms with Gasteiger partial charge in [0.15, 0.2) is 0 Å². The molecule has 3 atom stereocenters. The van der Waals surface area contributed by atoms with Gasteiger partial charge in [-0.2, -0.15) is 0 Å². The Bertz CT molecular complexity index is 540. The molecule has 1 rings (SSSR count). The molecule has 142 valence electrons. The molecule has 0 aromatic carbocycles. The summed E-state index contributed by atoms with van der Waals surface area (Å²) < 4.78 is 5.21. The van der Waals surface area contributed by atoms with Gasteiger partial charge in [0.1, 0.15) is 5.60 Å². The van der Waals surface area contributed by atoms with Gasteiger partial charge in [-0.15, -0.1) is 0 Å². The minimum absolute atomic E-state index is 0.0704. The van der Waals surface area contributed by atoms with E-state index in [0.29, 0.717) is 19.3 Å². The fourth-order valence-corrected chi connectivity index (χ4v) is 2.78. The van der Waals surface area contributed by atoms with Gasteiger partial charge in [-0.1, -0.05) is 0 Å². The minimum atomic E-state index is -1.59. The molecule has 0 aromatic rings. The van der Waals surface area contributed by atoms with Crippen LogP contribution in [-0.2, 0) is 19.1 Å². The Balaban J connectivity index is 2.85. The summed E-state index contributed by atoms with van der Waals surface area (Å²) in [5.41, 5.74) is -0.697. The SMILES string of the molecule is CN(C)C(=O)[C@H]1CC[C@H](NC(=O)C(=O)O)[C@H](NC(=O)OC(C)(C)C)C1. The first-order valence-electron chi connectivity index (χ1n) is 8.15. The third kappa shape index (κ3) is 6.60. The summed E-state index contributed by atoms with van der Waals surface area (Å²) in [5.74, 6) is -3.12. The molecule has 0 aliphatic heterocycles. The lowest BCUT2D eigenvalue weighted by Gasteiger charge is -2.37. The van der Waals surface area contributed by atoms with Crippen molar-refractivity contribution >= 4 is 23.9 Å². The average molecular weight is 357 g/mol. The van der Waals surface area contributed by atoms with Crippen LogP contribution in [0.25, 0.3) is 0 Å². The number of hydrogen-bond acceptors (Lipinski definition) is 5. The first-order valence-corrected chi connectivity index (χ1v) is 8.15. The molecule has 9 heteroatoms.